The van der Waals surface area contributed by atoms with Crippen LogP contribution in [0.25, 0.3) is 0 Å². The largest absolute Gasteiger partial charge is 0.502 e. The first kappa shape index (κ1) is 14.1. The Labute approximate surface area is 118 Å². The van der Waals surface area contributed by atoms with Crippen molar-refractivity contribution in [2.24, 2.45) is 4.99 Å². The highest BCUT2D eigenvalue weighted by Crippen LogP contribution is 2.26. The highest BCUT2D eigenvalue weighted by molar-refractivity contribution is 5.83. The molecule has 21 heavy (non-hydrogen) atoms. The Balaban J connectivity index is 2.23. The van der Waals surface area contributed by atoms with Crippen LogP contribution in [0.3, 0.4) is 0 Å². The summed E-state index contributed by atoms with van der Waals surface area (Å²) in [5.41, 5.74) is 0.436. The number of aromatic hydroxyl groups is 1. The van der Waals surface area contributed by atoms with Crippen molar-refractivity contribution in [3.8, 4) is 5.75 Å². The van der Waals surface area contributed by atoms with Crippen LogP contribution in [0, 0.1) is 20.2 Å². The van der Waals surface area contributed by atoms with Crippen LogP contribution in [-0.2, 0) is 0 Å². The van der Waals surface area contributed by atoms with Gasteiger partial charge < -0.3 is 5.11 Å². The number of phenols is 1. The topological polar surface area (TPSA) is 119 Å². The maximum Gasteiger partial charge on any atom is 0.311 e. The lowest BCUT2D eigenvalue weighted by molar-refractivity contribution is -0.385. The Bertz CT molecular complexity index is 725. The van der Waals surface area contributed by atoms with Crippen LogP contribution in [0.5, 0.6) is 5.75 Å². The average Bonchev–Trinajstić information content (AvgIpc) is 2.46. The molecule has 2 aromatic rings. The van der Waals surface area contributed by atoms with E-state index in [0.717, 1.165) is 0 Å². The first-order chi connectivity index (χ1) is 9.97. The first-order valence-corrected chi connectivity index (χ1v) is 5.73. The Morgan fingerprint density at radius 1 is 1.00 bits per heavy atom. The van der Waals surface area contributed by atoms with Gasteiger partial charge in [0.05, 0.1) is 15.5 Å². The Morgan fingerprint density at radius 2 is 1.67 bits per heavy atom. The van der Waals surface area contributed by atoms with Crippen molar-refractivity contribution >= 4 is 23.3 Å². The van der Waals surface area contributed by atoms with Crippen molar-refractivity contribution in [2.45, 2.75) is 0 Å². The van der Waals surface area contributed by atoms with Crippen LogP contribution in [0.1, 0.15) is 5.56 Å². The van der Waals surface area contributed by atoms with E-state index in [9.17, 15) is 25.3 Å². The van der Waals surface area contributed by atoms with Gasteiger partial charge in [0.25, 0.3) is 5.69 Å². The lowest BCUT2D eigenvalue weighted by Gasteiger charge is -1.98. The third-order valence-electron chi connectivity index (χ3n) is 2.62. The third-order valence-corrected chi connectivity index (χ3v) is 2.62. The molecular weight excluding hydrogens is 278 g/mol. The molecule has 0 saturated heterocycles. The van der Waals surface area contributed by atoms with Crippen LogP contribution >= 0.6 is 0 Å². The SMILES string of the molecule is O=[N+]([O-])c1ccc(N=Cc2ccc(O)c([N+](=O)[O-])c2)cc1. The summed E-state index contributed by atoms with van der Waals surface area (Å²) >= 11 is 0. The van der Waals surface area contributed by atoms with Gasteiger partial charge in [0.15, 0.2) is 5.75 Å². The standard InChI is InChI=1S/C13H9N3O5/c17-13-6-1-9(7-12(13)16(20)21)8-14-10-2-4-11(5-3-10)15(18)19/h1-8,17H. The van der Waals surface area contributed by atoms with Crippen LogP contribution in [0.2, 0.25) is 0 Å². The van der Waals surface area contributed by atoms with Crippen LogP contribution in [0.4, 0.5) is 17.1 Å². The van der Waals surface area contributed by atoms with Crippen molar-refractivity contribution in [1.29, 1.82) is 0 Å². The molecular formula is C13H9N3O5. The molecule has 0 unspecified atom stereocenters. The second-order valence-corrected chi connectivity index (χ2v) is 4.04. The summed E-state index contributed by atoms with van der Waals surface area (Å²) in [6.07, 6.45) is 1.37. The molecule has 0 bridgehead atoms. The number of benzene rings is 2. The average molecular weight is 287 g/mol. The van der Waals surface area contributed by atoms with Crippen molar-refractivity contribution in [3.63, 3.8) is 0 Å². The van der Waals surface area contributed by atoms with Gasteiger partial charge in [-0.2, -0.15) is 0 Å². The summed E-state index contributed by atoms with van der Waals surface area (Å²) in [7, 11) is 0. The van der Waals surface area contributed by atoms with E-state index in [4.69, 9.17) is 0 Å². The van der Waals surface area contributed by atoms with E-state index in [1.165, 1.54) is 48.7 Å². The molecule has 8 nitrogen and oxygen atoms in total. The van der Waals surface area contributed by atoms with Gasteiger partial charge in [-0.05, 0) is 29.8 Å². The molecule has 0 saturated carbocycles. The highest BCUT2D eigenvalue weighted by Gasteiger charge is 2.12. The lowest BCUT2D eigenvalue weighted by Crippen LogP contribution is -1.90. The van der Waals surface area contributed by atoms with Crippen molar-refractivity contribution < 1.29 is 15.0 Å². The molecule has 0 radical (unpaired) electrons. The van der Waals surface area contributed by atoms with Gasteiger partial charge in [-0.1, -0.05) is 0 Å². The van der Waals surface area contributed by atoms with Gasteiger partial charge >= 0.3 is 5.69 Å². The number of aliphatic imine (C=N–C) groups is 1. The molecule has 0 fully saturated rings. The van der Waals surface area contributed by atoms with Gasteiger partial charge in [-0.3, -0.25) is 25.2 Å². The number of hydrogen-bond donors (Lipinski definition) is 1. The molecule has 0 aromatic heterocycles. The maximum atomic E-state index is 10.7. The normalized spacial score (nSPS) is 10.7. The third kappa shape index (κ3) is 3.38. The molecule has 0 aliphatic heterocycles. The van der Waals surface area contributed by atoms with E-state index >= 15 is 0 Å². The second-order valence-electron chi connectivity index (χ2n) is 4.04. The predicted molar refractivity (Wildman–Crippen MR) is 75.1 cm³/mol. The molecule has 2 rings (SSSR count). The van der Waals surface area contributed by atoms with Gasteiger partial charge in [0.1, 0.15) is 0 Å². The number of non-ortho nitro benzene ring substituents is 1. The van der Waals surface area contributed by atoms with E-state index in [1.54, 1.807) is 0 Å². The molecule has 0 spiro atoms. The summed E-state index contributed by atoms with van der Waals surface area (Å²) in [4.78, 5) is 24.0. The number of hydrogen-bond acceptors (Lipinski definition) is 6. The summed E-state index contributed by atoms with van der Waals surface area (Å²) in [5.74, 6) is -0.424. The number of phenolic OH excluding ortho intramolecular Hbond substituents is 1. The van der Waals surface area contributed by atoms with Gasteiger partial charge in [-0.25, -0.2) is 0 Å². The summed E-state index contributed by atoms with van der Waals surface area (Å²) < 4.78 is 0. The Kier molecular flexibility index (Phi) is 3.89. The van der Waals surface area contributed by atoms with Gasteiger partial charge in [0, 0.05) is 24.4 Å². The molecule has 0 aliphatic carbocycles. The van der Waals surface area contributed by atoms with E-state index in [2.05, 4.69) is 4.99 Å². The first-order valence-electron chi connectivity index (χ1n) is 5.73. The van der Waals surface area contributed by atoms with E-state index in [0.29, 0.717) is 11.3 Å². The minimum absolute atomic E-state index is 0.0470. The van der Waals surface area contributed by atoms with Crippen LogP contribution in [0.15, 0.2) is 47.5 Å². The fourth-order valence-electron chi connectivity index (χ4n) is 1.58. The van der Waals surface area contributed by atoms with Crippen molar-refractivity contribution in [3.05, 3.63) is 68.3 Å². The van der Waals surface area contributed by atoms with Crippen molar-refractivity contribution in [2.75, 3.05) is 0 Å². The predicted octanol–water partition coefficient (Wildman–Crippen LogP) is 2.96. The van der Waals surface area contributed by atoms with Crippen LogP contribution < -0.4 is 0 Å². The molecule has 1 N–H and O–H groups in total. The summed E-state index contributed by atoms with van der Waals surface area (Å²) in [5, 5.41) is 30.5. The minimum Gasteiger partial charge on any atom is -0.502 e. The molecule has 2 aromatic carbocycles. The number of nitro groups is 2. The van der Waals surface area contributed by atoms with E-state index < -0.39 is 21.3 Å². The monoisotopic (exact) mass is 287 g/mol. The summed E-state index contributed by atoms with van der Waals surface area (Å²) in [6, 6.07) is 9.40. The fraction of sp³-hybridized carbons (Fsp3) is 0. The van der Waals surface area contributed by atoms with E-state index in [-0.39, 0.29) is 5.69 Å². The maximum absolute atomic E-state index is 10.7. The Hall–Kier alpha value is -3.29. The number of nitrogens with zero attached hydrogens (tertiary/aromatic N) is 3. The number of nitro benzene ring substituents is 2. The molecule has 8 heteroatoms. The number of rotatable bonds is 4. The quantitative estimate of drug-likeness (QED) is 0.526. The van der Waals surface area contributed by atoms with Gasteiger partial charge in [-0.15, -0.1) is 0 Å². The smallest absolute Gasteiger partial charge is 0.311 e. The fourth-order valence-corrected chi connectivity index (χ4v) is 1.58. The zero-order valence-electron chi connectivity index (χ0n) is 10.5. The zero-order valence-corrected chi connectivity index (χ0v) is 10.5. The summed E-state index contributed by atoms with van der Waals surface area (Å²) in [6.45, 7) is 0. The molecule has 0 heterocycles. The molecule has 0 aliphatic rings. The minimum atomic E-state index is -0.696. The highest BCUT2D eigenvalue weighted by atomic mass is 16.6. The molecule has 0 atom stereocenters. The van der Waals surface area contributed by atoms with Gasteiger partial charge in [0.2, 0.25) is 0 Å². The second kappa shape index (κ2) is 5.78. The zero-order chi connectivity index (χ0) is 15.4. The van der Waals surface area contributed by atoms with Crippen molar-refractivity contribution in [1.82, 2.24) is 0 Å². The molecule has 0 amide bonds. The van der Waals surface area contributed by atoms with E-state index in [1.807, 2.05) is 0 Å². The molecule has 106 valence electrons. The van der Waals surface area contributed by atoms with Crippen LogP contribution in [-0.4, -0.2) is 21.2 Å². The Morgan fingerprint density at radius 3 is 2.24 bits per heavy atom. The lowest BCUT2D eigenvalue weighted by atomic mass is 10.2.